The van der Waals surface area contributed by atoms with E-state index in [1.807, 2.05) is 0 Å². The minimum absolute atomic E-state index is 0.0294. The number of rotatable bonds is 6. The molecular weight excluding hydrogens is 302 g/mol. The third kappa shape index (κ3) is 6.74. The van der Waals surface area contributed by atoms with Crippen LogP contribution in [0.4, 0.5) is 5.69 Å². The summed E-state index contributed by atoms with van der Waals surface area (Å²) in [6.07, 6.45) is -4.53. The number of hydrogen-bond acceptors (Lipinski definition) is 8. The maximum Gasteiger partial charge on any atom is 0.335 e. The van der Waals surface area contributed by atoms with Crippen LogP contribution in [0.1, 0.15) is 0 Å². The molecule has 0 saturated heterocycles. The molecule has 0 aromatic heterocycles. The molecule has 1 aromatic rings. The highest BCUT2D eigenvalue weighted by Gasteiger charge is 2.29. The Morgan fingerprint density at radius 2 is 1.50 bits per heavy atom. The Morgan fingerprint density at radius 1 is 1.00 bits per heavy atom. The Morgan fingerprint density at radius 3 is 1.86 bits per heavy atom. The van der Waals surface area contributed by atoms with Crippen molar-refractivity contribution in [3.05, 3.63) is 18.2 Å². The highest BCUT2D eigenvalue weighted by Crippen LogP contribution is 2.26. The van der Waals surface area contributed by atoms with Gasteiger partial charge in [0.05, 0.1) is 6.61 Å². The average Bonchev–Trinajstić information content (AvgIpc) is 2.47. The van der Waals surface area contributed by atoms with Gasteiger partial charge in [-0.05, 0) is 12.1 Å². The van der Waals surface area contributed by atoms with Gasteiger partial charge in [0, 0.05) is 18.3 Å². The van der Waals surface area contributed by atoms with Crippen molar-refractivity contribution < 1.29 is 45.3 Å². The lowest BCUT2D eigenvalue weighted by Gasteiger charge is -2.07. The molecule has 1 aromatic carbocycles. The average molecular weight is 319 g/mol. The molecule has 8 N–H and O–H groups in total. The van der Waals surface area contributed by atoms with Crippen molar-refractivity contribution in [1.82, 2.24) is 0 Å². The van der Waals surface area contributed by atoms with E-state index in [0.29, 0.717) is 12.2 Å². The fourth-order valence-electron chi connectivity index (χ4n) is 1.10. The molecule has 10 nitrogen and oxygen atoms in total. The largest absolute Gasteiger partial charge is 0.504 e. The number of nitrogens with one attached hydrogen (secondary N) is 1. The molecule has 0 heterocycles. The highest BCUT2D eigenvalue weighted by atomic mass is 16.4. The first-order chi connectivity index (χ1) is 10.2. The van der Waals surface area contributed by atoms with Crippen LogP contribution in [0, 0.1) is 0 Å². The van der Waals surface area contributed by atoms with Gasteiger partial charge in [0.15, 0.2) is 23.7 Å². The molecule has 124 valence electrons. The van der Waals surface area contributed by atoms with Crippen molar-refractivity contribution in [3.8, 4) is 11.5 Å². The van der Waals surface area contributed by atoms with Crippen LogP contribution in [-0.4, -0.2) is 73.0 Å². The predicted molar refractivity (Wildman–Crippen MR) is 72.6 cm³/mol. The number of carbonyl (C=O) groups is 2. The molecule has 0 saturated carbocycles. The van der Waals surface area contributed by atoms with Crippen molar-refractivity contribution in [2.24, 2.45) is 0 Å². The van der Waals surface area contributed by atoms with Gasteiger partial charge in [0.25, 0.3) is 0 Å². The van der Waals surface area contributed by atoms with E-state index in [1.54, 1.807) is 6.07 Å². The van der Waals surface area contributed by atoms with Crippen molar-refractivity contribution >= 4 is 17.6 Å². The predicted octanol–water partition coefficient (Wildman–Crippen LogP) is -1.62. The van der Waals surface area contributed by atoms with Gasteiger partial charge < -0.3 is 41.1 Å². The first-order valence-corrected chi connectivity index (χ1v) is 5.89. The van der Waals surface area contributed by atoms with Crippen molar-refractivity contribution in [3.63, 3.8) is 0 Å². The number of hydrogen-bond donors (Lipinski definition) is 8. The van der Waals surface area contributed by atoms with Crippen LogP contribution in [-0.2, 0) is 9.59 Å². The molecule has 22 heavy (non-hydrogen) atoms. The molecular formula is C12H17NO9. The number of phenolic OH excluding ortho intramolecular Hbond substituents is 2. The van der Waals surface area contributed by atoms with Gasteiger partial charge in [0.1, 0.15) is 0 Å². The highest BCUT2D eigenvalue weighted by molar-refractivity contribution is 5.83. The number of aliphatic hydroxyl groups excluding tert-OH is 3. The normalized spacial score (nSPS) is 12.5. The number of anilines is 1. The van der Waals surface area contributed by atoms with E-state index in [9.17, 15) is 9.59 Å². The monoisotopic (exact) mass is 319 g/mol. The molecule has 0 bridgehead atoms. The van der Waals surface area contributed by atoms with Crippen LogP contribution < -0.4 is 5.32 Å². The maximum atomic E-state index is 9.77. The van der Waals surface area contributed by atoms with Gasteiger partial charge in [-0.3, -0.25) is 0 Å². The zero-order chi connectivity index (χ0) is 17.3. The maximum absolute atomic E-state index is 9.77. The first-order valence-electron chi connectivity index (χ1n) is 5.89. The first kappa shape index (κ1) is 19.4. The Balaban J connectivity index is 0.000000409. The summed E-state index contributed by atoms with van der Waals surface area (Å²) in [7, 11) is 0. The second-order valence-corrected chi connectivity index (χ2v) is 3.92. The molecule has 0 aliphatic rings. The fourth-order valence-corrected chi connectivity index (χ4v) is 1.10. The molecule has 1 rings (SSSR count). The molecule has 2 atom stereocenters. The molecule has 0 aliphatic carbocycles. The third-order valence-electron chi connectivity index (χ3n) is 2.22. The van der Waals surface area contributed by atoms with Gasteiger partial charge in [-0.25, -0.2) is 9.59 Å². The number of phenols is 2. The molecule has 10 heteroatoms. The number of carboxylic acid groups (broad SMARTS) is 2. The lowest BCUT2D eigenvalue weighted by molar-refractivity contribution is -0.165. The fraction of sp³-hybridized carbons (Fsp3) is 0.333. The number of benzene rings is 1. The third-order valence-corrected chi connectivity index (χ3v) is 2.22. The SMILES string of the molecule is O=C(O)C(O)C(O)C(=O)O.OCCNc1ccc(O)c(O)c1. The summed E-state index contributed by atoms with van der Waals surface area (Å²) in [5.74, 6) is -3.85. The Bertz CT molecular complexity index is 487. The number of aromatic hydroxyl groups is 2. The van der Waals surface area contributed by atoms with E-state index < -0.39 is 24.1 Å². The summed E-state index contributed by atoms with van der Waals surface area (Å²) in [5.41, 5.74) is 0.666. The van der Waals surface area contributed by atoms with Crippen LogP contribution >= 0.6 is 0 Å². The van der Waals surface area contributed by atoms with Crippen molar-refractivity contribution in [2.45, 2.75) is 12.2 Å². The van der Waals surface area contributed by atoms with E-state index in [4.69, 9.17) is 35.7 Å². The van der Waals surface area contributed by atoms with Crippen LogP contribution in [0.25, 0.3) is 0 Å². The lowest BCUT2D eigenvalue weighted by atomic mass is 10.2. The summed E-state index contributed by atoms with van der Waals surface area (Å²) in [6, 6.07) is 4.39. The summed E-state index contributed by atoms with van der Waals surface area (Å²) in [4.78, 5) is 19.5. The zero-order valence-electron chi connectivity index (χ0n) is 11.2. The van der Waals surface area contributed by atoms with E-state index in [0.717, 1.165) is 0 Å². The molecule has 0 spiro atoms. The van der Waals surface area contributed by atoms with Crippen LogP contribution in [0.5, 0.6) is 11.5 Å². The Hall–Kier alpha value is -2.56. The molecule has 0 fully saturated rings. The zero-order valence-corrected chi connectivity index (χ0v) is 11.2. The minimum Gasteiger partial charge on any atom is -0.504 e. The standard InChI is InChI=1S/C8H11NO3.C4H6O6/c10-4-3-9-6-1-2-7(11)8(12)5-6;5-1(3(7)8)2(6)4(9)10/h1-2,5,9-12H,3-4H2;1-2,5-6H,(H,7,8)(H,9,10). The lowest BCUT2D eigenvalue weighted by Crippen LogP contribution is -2.39. The van der Waals surface area contributed by atoms with Gasteiger partial charge in [-0.2, -0.15) is 0 Å². The Kier molecular flexibility index (Phi) is 8.30. The van der Waals surface area contributed by atoms with Gasteiger partial charge >= 0.3 is 11.9 Å². The number of aliphatic carboxylic acids is 2. The van der Waals surface area contributed by atoms with E-state index in [1.165, 1.54) is 12.1 Å². The summed E-state index contributed by atoms with van der Waals surface area (Å²) < 4.78 is 0. The van der Waals surface area contributed by atoms with E-state index in [-0.39, 0.29) is 18.1 Å². The molecule has 0 radical (unpaired) electrons. The van der Waals surface area contributed by atoms with Crippen molar-refractivity contribution in [2.75, 3.05) is 18.5 Å². The topological polar surface area (TPSA) is 188 Å². The minimum atomic E-state index is -2.27. The smallest absolute Gasteiger partial charge is 0.335 e. The van der Waals surface area contributed by atoms with E-state index >= 15 is 0 Å². The molecule has 0 amide bonds. The summed E-state index contributed by atoms with van der Waals surface area (Å²) in [5, 5.41) is 61.8. The van der Waals surface area contributed by atoms with Crippen LogP contribution in [0.2, 0.25) is 0 Å². The second kappa shape index (κ2) is 9.39. The quantitative estimate of drug-likeness (QED) is 0.223. The van der Waals surface area contributed by atoms with E-state index in [2.05, 4.69) is 5.32 Å². The van der Waals surface area contributed by atoms with Crippen molar-refractivity contribution in [1.29, 1.82) is 0 Å². The van der Waals surface area contributed by atoms with Crippen LogP contribution in [0.3, 0.4) is 0 Å². The number of aliphatic hydroxyl groups is 3. The molecule has 0 aliphatic heterocycles. The van der Waals surface area contributed by atoms with Gasteiger partial charge in [-0.15, -0.1) is 0 Å². The summed E-state index contributed by atoms with van der Waals surface area (Å²) >= 11 is 0. The van der Waals surface area contributed by atoms with Crippen LogP contribution in [0.15, 0.2) is 18.2 Å². The van der Waals surface area contributed by atoms with Gasteiger partial charge in [0.2, 0.25) is 0 Å². The molecule has 2 unspecified atom stereocenters. The van der Waals surface area contributed by atoms with Gasteiger partial charge in [-0.1, -0.05) is 0 Å². The number of carboxylic acids is 2. The Labute approximate surface area is 124 Å². The second-order valence-electron chi connectivity index (χ2n) is 3.92. The summed E-state index contributed by atoms with van der Waals surface area (Å²) in [6.45, 7) is 0.450.